The summed E-state index contributed by atoms with van der Waals surface area (Å²) >= 11 is 0. The first-order chi connectivity index (χ1) is 10.1. The summed E-state index contributed by atoms with van der Waals surface area (Å²) in [5.74, 6) is 1.21. The molecular formula is C16H24N4O. The van der Waals surface area contributed by atoms with Gasteiger partial charge in [-0.1, -0.05) is 0 Å². The van der Waals surface area contributed by atoms with Crippen LogP contribution < -0.4 is 0 Å². The highest BCUT2D eigenvalue weighted by Crippen LogP contribution is 2.25. The predicted octanol–water partition coefficient (Wildman–Crippen LogP) is 1.83. The van der Waals surface area contributed by atoms with Crippen LogP contribution in [0.25, 0.3) is 0 Å². The molecule has 5 nitrogen and oxygen atoms in total. The molecule has 2 aliphatic rings. The molecule has 1 aromatic heterocycles. The van der Waals surface area contributed by atoms with Crippen molar-refractivity contribution < 1.29 is 4.79 Å². The Balaban J connectivity index is 1.83. The van der Waals surface area contributed by atoms with Crippen molar-refractivity contribution in [2.45, 2.75) is 38.5 Å². The van der Waals surface area contributed by atoms with Crippen LogP contribution in [0.3, 0.4) is 0 Å². The number of likely N-dealkylation sites (tertiary alicyclic amines) is 2. The quantitative estimate of drug-likeness (QED) is 0.833. The minimum atomic E-state index is 0.0726. The lowest BCUT2D eigenvalue weighted by Gasteiger charge is -2.29. The van der Waals surface area contributed by atoms with E-state index in [4.69, 9.17) is 0 Å². The number of likely N-dealkylation sites (N-methyl/N-ethyl adjacent to an activating group) is 1. The molecule has 1 atom stereocenters. The van der Waals surface area contributed by atoms with E-state index in [0.717, 1.165) is 51.1 Å². The molecule has 2 aliphatic heterocycles. The zero-order valence-electron chi connectivity index (χ0n) is 13.0. The summed E-state index contributed by atoms with van der Waals surface area (Å²) in [4.78, 5) is 25.7. The van der Waals surface area contributed by atoms with E-state index in [0.29, 0.717) is 17.4 Å². The molecule has 114 valence electrons. The second-order valence-electron chi connectivity index (χ2n) is 6.33. The number of carbonyl (C=O) groups is 1. The Morgan fingerprint density at radius 1 is 1.19 bits per heavy atom. The van der Waals surface area contributed by atoms with Crippen molar-refractivity contribution in [2.75, 3.05) is 33.2 Å². The molecule has 0 radical (unpaired) electrons. The maximum Gasteiger partial charge on any atom is 0.272 e. The third-order valence-corrected chi connectivity index (χ3v) is 4.51. The van der Waals surface area contributed by atoms with E-state index in [1.165, 1.54) is 6.42 Å². The number of piperidine rings is 1. The molecule has 1 amide bonds. The lowest BCUT2D eigenvalue weighted by atomic mass is 9.94. The van der Waals surface area contributed by atoms with E-state index >= 15 is 0 Å². The van der Waals surface area contributed by atoms with Gasteiger partial charge in [0.05, 0.1) is 0 Å². The topological polar surface area (TPSA) is 49.3 Å². The highest BCUT2D eigenvalue weighted by atomic mass is 16.2. The van der Waals surface area contributed by atoms with Crippen LogP contribution in [0, 0.1) is 6.92 Å². The Labute approximate surface area is 126 Å². The molecule has 0 N–H and O–H groups in total. The normalized spacial score (nSPS) is 23.5. The second-order valence-corrected chi connectivity index (χ2v) is 6.33. The molecule has 0 aliphatic carbocycles. The van der Waals surface area contributed by atoms with Gasteiger partial charge in [0, 0.05) is 31.2 Å². The first kappa shape index (κ1) is 14.4. The minimum Gasteiger partial charge on any atom is -0.337 e. The lowest BCUT2D eigenvalue weighted by Crippen LogP contribution is -2.32. The molecule has 0 bridgehead atoms. The van der Waals surface area contributed by atoms with E-state index in [1.54, 1.807) is 0 Å². The molecule has 3 heterocycles. The minimum absolute atomic E-state index is 0.0726. The fraction of sp³-hybridized carbons (Fsp3) is 0.688. The number of nitrogens with zero attached hydrogens (tertiary/aromatic N) is 4. The van der Waals surface area contributed by atoms with Gasteiger partial charge in [-0.05, 0) is 52.3 Å². The molecule has 0 aromatic carbocycles. The van der Waals surface area contributed by atoms with E-state index in [2.05, 4.69) is 21.9 Å². The van der Waals surface area contributed by atoms with Gasteiger partial charge in [0.25, 0.3) is 5.91 Å². The molecule has 3 rings (SSSR count). The first-order valence-corrected chi connectivity index (χ1v) is 7.97. The molecule has 1 aromatic rings. The van der Waals surface area contributed by atoms with Crippen LogP contribution in [0.4, 0.5) is 0 Å². The second kappa shape index (κ2) is 6.10. The first-order valence-electron chi connectivity index (χ1n) is 7.97. The van der Waals surface area contributed by atoms with Crippen molar-refractivity contribution in [1.29, 1.82) is 0 Å². The summed E-state index contributed by atoms with van der Waals surface area (Å²) in [5, 5.41) is 0. The van der Waals surface area contributed by atoms with Gasteiger partial charge in [0.2, 0.25) is 0 Å². The summed E-state index contributed by atoms with van der Waals surface area (Å²) in [6.07, 6.45) is 4.56. The summed E-state index contributed by atoms with van der Waals surface area (Å²) in [7, 11) is 2.15. The number of rotatable bonds is 2. The van der Waals surface area contributed by atoms with Gasteiger partial charge in [-0.15, -0.1) is 0 Å². The molecule has 5 heteroatoms. The number of aromatic nitrogens is 2. The largest absolute Gasteiger partial charge is 0.337 e. The Hall–Kier alpha value is -1.49. The molecular weight excluding hydrogens is 264 g/mol. The molecule has 0 saturated carbocycles. The third-order valence-electron chi connectivity index (χ3n) is 4.51. The van der Waals surface area contributed by atoms with Crippen molar-refractivity contribution in [3.8, 4) is 0 Å². The van der Waals surface area contributed by atoms with E-state index < -0.39 is 0 Å². The summed E-state index contributed by atoms with van der Waals surface area (Å²) < 4.78 is 0. The van der Waals surface area contributed by atoms with Gasteiger partial charge >= 0.3 is 0 Å². The van der Waals surface area contributed by atoms with Crippen LogP contribution in [0.1, 0.15) is 53.6 Å². The van der Waals surface area contributed by atoms with Crippen LogP contribution >= 0.6 is 0 Å². The number of hydrogen-bond acceptors (Lipinski definition) is 4. The van der Waals surface area contributed by atoms with Crippen molar-refractivity contribution >= 4 is 5.91 Å². The van der Waals surface area contributed by atoms with Crippen molar-refractivity contribution in [3.63, 3.8) is 0 Å². The Kier molecular flexibility index (Phi) is 4.19. The summed E-state index contributed by atoms with van der Waals surface area (Å²) in [6.45, 7) is 5.79. The van der Waals surface area contributed by atoms with E-state index in [-0.39, 0.29) is 5.91 Å². The SMILES string of the molecule is Cc1nc(C(=O)N2CCCC2)cc(C2CCCN(C)C2)n1. The van der Waals surface area contributed by atoms with Crippen molar-refractivity contribution in [2.24, 2.45) is 0 Å². The summed E-state index contributed by atoms with van der Waals surface area (Å²) in [6, 6.07) is 1.93. The van der Waals surface area contributed by atoms with Crippen LogP contribution in [-0.2, 0) is 0 Å². The van der Waals surface area contributed by atoms with Gasteiger partial charge in [0.15, 0.2) is 0 Å². The average Bonchev–Trinajstić information content (AvgIpc) is 3.00. The standard InChI is InChI=1S/C16H24N4O/c1-12-17-14(13-6-5-7-19(2)11-13)10-15(18-12)16(21)20-8-3-4-9-20/h10,13H,3-9,11H2,1-2H3. The van der Waals surface area contributed by atoms with Crippen molar-refractivity contribution in [1.82, 2.24) is 19.8 Å². The van der Waals surface area contributed by atoms with Crippen LogP contribution in [0.5, 0.6) is 0 Å². The number of amides is 1. The van der Waals surface area contributed by atoms with Crippen LogP contribution in [0.15, 0.2) is 6.07 Å². The molecule has 2 fully saturated rings. The van der Waals surface area contributed by atoms with E-state index in [9.17, 15) is 4.79 Å². The van der Waals surface area contributed by atoms with Gasteiger partial charge in [-0.2, -0.15) is 0 Å². The molecule has 1 unspecified atom stereocenters. The smallest absolute Gasteiger partial charge is 0.272 e. The Morgan fingerprint density at radius 3 is 2.67 bits per heavy atom. The zero-order chi connectivity index (χ0) is 14.8. The summed E-state index contributed by atoms with van der Waals surface area (Å²) in [5.41, 5.74) is 1.62. The maximum atomic E-state index is 12.5. The highest BCUT2D eigenvalue weighted by Gasteiger charge is 2.25. The average molecular weight is 288 g/mol. The van der Waals surface area contributed by atoms with Crippen molar-refractivity contribution in [3.05, 3.63) is 23.3 Å². The zero-order valence-corrected chi connectivity index (χ0v) is 13.0. The lowest BCUT2D eigenvalue weighted by molar-refractivity contribution is 0.0786. The van der Waals surface area contributed by atoms with Gasteiger partial charge in [-0.25, -0.2) is 9.97 Å². The monoisotopic (exact) mass is 288 g/mol. The number of carbonyl (C=O) groups excluding carboxylic acids is 1. The third kappa shape index (κ3) is 3.23. The highest BCUT2D eigenvalue weighted by molar-refractivity contribution is 5.92. The fourth-order valence-electron chi connectivity index (χ4n) is 3.40. The van der Waals surface area contributed by atoms with E-state index in [1.807, 2.05) is 17.9 Å². The number of hydrogen-bond donors (Lipinski definition) is 0. The predicted molar refractivity (Wildman–Crippen MR) is 81.4 cm³/mol. The van der Waals surface area contributed by atoms with Gasteiger partial charge < -0.3 is 9.80 Å². The Bertz CT molecular complexity index is 525. The van der Waals surface area contributed by atoms with Crippen LogP contribution in [0.2, 0.25) is 0 Å². The molecule has 0 spiro atoms. The van der Waals surface area contributed by atoms with Crippen LogP contribution in [-0.4, -0.2) is 58.9 Å². The molecule has 2 saturated heterocycles. The maximum absolute atomic E-state index is 12.5. The van der Waals surface area contributed by atoms with Gasteiger partial charge in [0.1, 0.15) is 11.5 Å². The Morgan fingerprint density at radius 2 is 1.95 bits per heavy atom. The van der Waals surface area contributed by atoms with Gasteiger partial charge in [-0.3, -0.25) is 4.79 Å². The molecule has 21 heavy (non-hydrogen) atoms. The number of aryl methyl sites for hydroxylation is 1. The fourth-order valence-corrected chi connectivity index (χ4v) is 3.40.